The van der Waals surface area contributed by atoms with Gasteiger partial charge in [-0.1, -0.05) is 12.1 Å². The molecule has 0 aliphatic heterocycles. The van der Waals surface area contributed by atoms with Gasteiger partial charge < -0.3 is 9.64 Å². The molecule has 0 saturated heterocycles. The van der Waals surface area contributed by atoms with Crippen molar-refractivity contribution in [3.05, 3.63) is 44.9 Å². The summed E-state index contributed by atoms with van der Waals surface area (Å²) in [5.74, 6) is -0.781. The second kappa shape index (κ2) is 7.28. The SMILES string of the molecule is Cc1nc(C)c(C(=O)OCC(=O)N(C)Cc2nc3ccccc3s2)s1. The third-order valence-corrected chi connectivity index (χ3v) is 5.63. The second-order valence-electron chi connectivity index (χ2n) is 5.55. The summed E-state index contributed by atoms with van der Waals surface area (Å²) < 4.78 is 6.21. The Labute approximate surface area is 153 Å². The predicted molar refractivity (Wildman–Crippen MR) is 98.0 cm³/mol. The van der Waals surface area contributed by atoms with Crippen molar-refractivity contribution in [3.63, 3.8) is 0 Å². The summed E-state index contributed by atoms with van der Waals surface area (Å²) in [6, 6.07) is 7.84. The zero-order valence-corrected chi connectivity index (χ0v) is 15.7. The van der Waals surface area contributed by atoms with Gasteiger partial charge in [0.25, 0.3) is 5.91 Å². The number of benzene rings is 1. The molecular weight excluding hydrogens is 358 g/mol. The lowest BCUT2D eigenvalue weighted by molar-refractivity contribution is -0.133. The van der Waals surface area contributed by atoms with E-state index in [1.54, 1.807) is 25.3 Å². The number of carbonyl (C=O) groups excluding carboxylic acids is 2. The van der Waals surface area contributed by atoms with Gasteiger partial charge >= 0.3 is 5.97 Å². The molecule has 3 aromatic rings. The van der Waals surface area contributed by atoms with Crippen molar-refractivity contribution >= 4 is 44.8 Å². The Morgan fingerprint density at radius 3 is 2.60 bits per heavy atom. The van der Waals surface area contributed by atoms with Crippen molar-refractivity contribution in [2.45, 2.75) is 20.4 Å². The monoisotopic (exact) mass is 375 g/mol. The Morgan fingerprint density at radius 2 is 1.92 bits per heavy atom. The number of rotatable bonds is 5. The van der Waals surface area contributed by atoms with Crippen molar-refractivity contribution < 1.29 is 14.3 Å². The van der Waals surface area contributed by atoms with E-state index < -0.39 is 5.97 Å². The van der Waals surface area contributed by atoms with Crippen LogP contribution in [0, 0.1) is 13.8 Å². The van der Waals surface area contributed by atoms with Gasteiger partial charge in [-0.25, -0.2) is 14.8 Å². The van der Waals surface area contributed by atoms with Crippen molar-refractivity contribution in [3.8, 4) is 0 Å². The van der Waals surface area contributed by atoms with E-state index in [0.717, 1.165) is 20.2 Å². The summed E-state index contributed by atoms with van der Waals surface area (Å²) in [5.41, 5.74) is 1.55. The van der Waals surface area contributed by atoms with Gasteiger partial charge in [0.15, 0.2) is 6.61 Å². The van der Waals surface area contributed by atoms with Crippen LogP contribution in [-0.4, -0.2) is 40.4 Å². The molecule has 3 rings (SSSR count). The van der Waals surface area contributed by atoms with Gasteiger partial charge in [-0.3, -0.25) is 4.79 Å². The number of esters is 1. The van der Waals surface area contributed by atoms with Crippen LogP contribution in [-0.2, 0) is 16.1 Å². The van der Waals surface area contributed by atoms with Crippen LogP contribution < -0.4 is 0 Å². The minimum absolute atomic E-state index is 0.272. The number of nitrogens with zero attached hydrogens (tertiary/aromatic N) is 3. The van der Waals surface area contributed by atoms with E-state index in [0.29, 0.717) is 17.1 Å². The fourth-order valence-corrected chi connectivity index (χ4v) is 4.14. The van der Waals surface area contributed by atoms with Crippen molar-refractivity contribution in [2.24, 2.45) is 0 Å². The molecular formula is C17H17N3O3S2. The van der Waals surface area contributed by atoms with E-state index in [1.807, 2.05) is 31.2 Å². The first kappa shape index (κ1) is 17.5. The summed E-state index contributed by atoms with van der Waals surface area (Å²) in [7, 11) is 1.67. The zero-order chi connectivity index (χ0) is 18.0. The molecule has 130 valence electrons. The van der Waals surface area contributed by atoms with Gasteiger partial charge in [0.2, 0.25) is 0 Å². The van der Waals surface area contributed by atoms with Gasteiger partial charge in [0.1, 0.15) is 9.88 Å². The zero-order valence-electron chi connectivity index (χ0n) is 14.1. The molecule has 0 unspecified atom stereocenters. The number of ether oxygens (including phenoxy) is 1. The number of amides is 1. The fraction of sp³-hybridized carbons (Fsp3) is 0.294. The molecule has 2 aromatic heterocycles. The largest absolute Gasteiger partial charge is 0.451 e. The van der Waals surface area contributed by atoms with Crippen LogP contribution >= 0.6 is 22.7 Å². The first-order valence-corrected chi connectivity index (χ1v) is 9.27. The van der Waals surface area contributed by atoms with E-state index in [1.165, 1.54) is 16.2 Å². The Morgan fingerprint density at radius 1 is 1.16 bits per heavy atom. The van der Waals surface area contributed by atoms with Gasteiger partial charge in [-0.15, -0.1) is 22.7 Å². The predicted octanol–water partition coefficient (Wildman–Crippen LogP) is 3.19. The minimum Gasteiger partial charge on any atom is -0.451 e. The van der Waals surface area contributed by atoms with Crippen LogP contribution in [0.2, 0.25) is 0 Å². The molecule has 25 heavy (non-hydrogen) atoms. The lowest BCUT2D eigenvalue weighted by Crippen LogP contribution is -2.30. The third-order valence-electron chi connectivity index (χ3n) is 3.55. The highest BCUT2D eigenvalue weighted by atomic mass is 32.1. The molecule has 0 fully saturated rings. The first-order chi connectivity index (χ1) is 11.9. The molecule has 0 saturated carbocycles. The highest BCUT2D eigenvalue weighted by Gasteiger charge is 2.18. The smallest absolute Gasteiger partial charge is 0.350 e. The quantitative estimate of drug-likeness (QED) is 0.641. The van der Waals surface area contributed by atoms with Crippen LogP contribution in [0.4, 0.5) is 0 Å². The highest BCUT2D eigenvalue weighted by Crippen LogP contribution is 2.22. The normalized spacial score (nSPS) is 10.8. The van der Waals surface area contributed by atoms with Crippen LogP contribution in [0.25, 0.3) is 10.2 Å². The third kappa shape index (κ3) is 4.02. The number of aryl methyl sites for hydroxylation is 2. The van der Waals surface area contributed by atoms with Gasteiger partial charge in [0.05, 0.1) is 27.5 Å². The molecule has 0 spiro atoms. The summed E-state index contributed by atoms with van der Waals surface area (Å²) in [6.45, 7) is 3.66. The van der Waals surface area contributed by atoms with E-state index >= 15 is 0 Å². The van der Waals surface area contributed by atoms with Crippen molar-refractivity contribution in [1.29, 1.82) is 0 Å². The Balaban J connectivity index is 1.57. The number of carbonyl (C=O) groups is 2. The maximum absolute atomic E-state index is 12.2. The molecule has 6 nitrogen and oxygen atoms in total. The average molecular weight is 375 g/mol. The van der Waals surface area contributed by atoms with E-state index in [2.05, 4.69) is 9.97 Å². The number of para-hydroxylation sites is 1. The number of likely N-dealkylation sites (N-methyl/N-ethyl adjacent to an activating group) is 1. The molecule has 0 bridgehead atoms. The maximum atomic E-state index is 12.2. The summed E-state index contributed by atoms with van der Waals surface area (Å²) >= 11 is 2.82. The molecule has 0 atom stereocenters. The second-order valence-corrected chi connectivity index (χ2v) is 7.87. The highest BCUT2D eigenvalue weighted by molar-refractivity contribution is 7.18. The molecule has 0 aliphatic carbocycles. The standard InChI is InChI=1S/C17H17N3O3S2/c1-10-16(24-11(2)18-10)17(22)23-9-15(21)20(3)8-14-19-12-6-4-5-7-13(12)25-14/h4-7H,8-9H2,1-3H3. The molecule has 0 N–H and O–H groups in total. The van der Waals surface area contributed by atoms with Gasteiger partial charge in [-0.2, -0.15) is 0 Å². The number of hydrogen-bond acceptors (Lipinski definition) is 7. The lowest BCUT2D eigenvalue weighted by Gasteiger charge is -2.15. The Bertz CT molecular complexity index is 899. The molecule has 1 aromatic carbocycles. The van der Waals surface area contributed by atoms with E-state index in [4.69, 9.17) is 4.74 Å². The number of fused-ring (bicyclic) bond motifs is 1. The van der Waals surface area contributed by atoms with Crippen molar-refractivity contribution in [1.82, 2.24) is 14.9 Å². The molecule has 0 radical (unpaired) electrons. The number of aromatic nitrogens is 2. The van der Waals surface area contributed by atoms with Crippen molar-refractivity contribution in [2.75, 3.05) is 13.7 Å². The van der Waals surface area contributed by atoms with E-state index in [-0.39, 0.29) is 12.5 Å². The summed E-state index contributed by atoms with van der Waals surface area (Å²) in [4.78, 5) is 34.9. The molecule has 2 heterocycles. The topological polar surface area (TPSA) is 72.4 Å². The number of hydrogen-bond donors (Lipinski definition) is 0. The summed E-state index contributed by atoms with van der Waals surface area (Å²) in [5, 5.41) is 1.64. The van der Waals surface area contributed by atoms with Crippen LogP contribution in [0.15, 0.2) is 24.3 Å². The maximum Gasteiger partial charge on any atom is 0.350 e. The lowest BCUT2D eigenvalue weighted by atomic mass is 10.3. The van der Waals surface area contributed by atoms with Gasteiger partial charge in [-0.05, 0) is 26.0 Å². The Kier molecular flexibility index (Phi) is 5.10. The summed E-state index contributed by atoms with van der Waals surface area (Å²) in [6.07, 6.45) is 0. The fourth-order valence-electron chi connectivity index (χ4n) is 2.30. The Hall–Kier alpha value is -2.32. The minimum atomic E-state index is -0.509. The average Bonchev–Trinajstić information content (AvgIpc) is 3.13. The molecule has 0 aliphatic rings. The first-order valence-electron chi connectivity index (χ1n) is 7.63. The van der Waals surface area contributed by atoms with E-state index in [9.17, 15) is 9.59 Å². The molecule has 8 heteroatoms. The van der Waals surface area contributed by atoms with Crippen LogP contribution in [0.5, 0.6) is 0 Å². The molecule has 1 amide bonds. The van der Waals surface area contributed by atoms with Crippen LogP contribution in [0.3, 0.4) is 0 Å². The van der Waals surface area contributed by atoms with Crippen LogP contribution in [0.1, 0.15) is 25.4 Å². The van der Waals surface area contributed by atoms with Gasteiger partial charge in [0, 0.05) is 7.05 Å². The number of thiazole rings is 2.